The van der Waals surface area contributed by atoms with Crippen LogP contribution >= 0.6 is 0 Å². The van der Waals surface area contributed by atoms with Gasteiger partial charge in [0.15, 0.2) is 0 Å². The van der Waals surface area contributed by atoms with Crippen molar-refractivity contribution in [2.45, 2.75) is 117 Å². The molecule has 2 heterocycles. The summed E-state index contributed by atoms with van der Waals surface area (Å²) in [4.78, 5) is 29.8. The molecule has 0 amide bonds. The first-order valence-electron chi connectivity index (χ1n) is 14.0. The van der Waals surface area contributed by atoms with E-state index < -0.39 is 24.4 Å². The number of benzene rings is 1. The third-order valence-electron chi connectivity index (χ3n) is 8.13. The Balaban J connectivity index is 1.54. The fourth-order valence-corrected chi connectivity index (χ4v) is 5.81. The number of aliphatic hydroxyl groups excluding tert-OH is 2. The molecular weight excluding hydrogens is 484 g/mol. The number of piperidine rings is 2. The minimum atomic E-state index is -0.529. The van der Waals surface area contributed by atoms with Crippen LogP contribution in [0.5, 0.6) is 0 Å². The molecule has 214 valence electrons. The fourth-order valence-electron chi connectivity index (χ4n) is 5.81. The number of esters is 2. The zero-order valence-corrected chi connectivity index (χ0v) is 24.4. The Bertz CT molecular complexity index is 881. The number of likely N-dealkylation sites (tertiary alicyclic amines) is 2. The van der Waals surface area contributed by atoms with E-state index in [4.69, 9.17) is 9.47 Å². The lowest BCUT2D eigenvalue weighted by Crippen LogP contribution is -2.57. The van der Waals surface area contributed by atoms with E-state index in [2.05, 4.69) is 37.5 Å². The van der Waals surface area contributed by atoms with E-state index >= 15 is 0 Å². The van der Waals surface area contributed by atoms with Gasteiger partial charge in [-0.05, 0) is 76.6 Å². The number of rotatable bonds is 8. The summed E-state index contributed by atoms with van der Waals surface area (Å²) < 4.78 is 11.6. The molecule has 4 unspecified atom stereocenters. The molecule has 0 aliphatic carbocycles. The lowest BCUT2D eigenvalue weighted by molar-refractivity contribution is -0.121. The van der Waals surface area contributed by atoms with Crippen molar-refractivity contribution >= 4 is 11.9 Å². The van der Waals surface area contributed by atoms with E-state index in [-0.39, 0.29) is 35.1 Å². The highest BCUT2D eigenvalue weighted by Gasteiger charge is 2.41. The van der Waals surface area contributed by atoms with Gasteiger partial charge in [0.2, 0.25) is 0 Å². The minimum Gasteiger partial charge on any atom is -0.459 e. The van der Waals surface area contributed by atoms with Gasteiger partial charge in [-0.3, -0.25) is 9.80 Å². The summed E-state index contributed by atoms with van der Waals surface area (Å²) in [5, 5.41) is 21.1. The third-order valence-corrected chi connectivity index (χ3v) is 8.13. The standard InChI is InChI=1S/C30H48N2O6/c1-19(2)25(33)31-15-13-23(17-29(31,5)6)37-27(35)21-9-11-22(12-10-21)28(36)38-24-14-16-32(26(34)20(3)4)30(7,8)18-24/h9-12,19-20,23-26,33-34H,13-18H2,1-8H3. The second-order valence-electron chi connectivity index (χ2n) is 12.9. The van der Waals surface area contributed by atoms with Gasteiger partial charge in [-0.25, -0.2) is 9.59 Å². The van der Waals surface area contributed by atoms with E-state index in [0.717, 1.165) is 0 Å². The van der Waals surface area contributed by atoms with Crippen LogP contribution in [0.1, 0.15) is 102 Å². The first-order chi connectivity index (χ1) is 17.6. The van der Waals surface area contributed by atoms with Gasteiger partial charge in [0.25, 0.3) is 0 Å². The van der Waals surface area contributed by atoms with Crippen molar-refractivity contribution < 1.29 is 29.3 Å². The molecule has 1 aromatic carbocycles. The smallest absolute Gasteiger partial charge is 0.338 e. The molecule has 2 aliphatic heterocycles. The van der Waals surface area contributed by atoms with Crippen LogP contribution in [0.25, 0.3) is 0 Å². The highest BCUT2D eigenvalue weighted by atomic mass is 16.5. The zero-order chi connectivity index (χ0) is 28.4. The molecular formula is C30H48N2O6. The highest BCUT2D eigenvalue weighted by Crippen LogP contribution is 2.34. The normalized spacial score (nSPS) is 25.7. The van der Waals surface area contributed by atoms with Crippen LogP contribution in [-0.4, -0.2) is 80.8 Å². The summed E-state index contributed by atoms with van der Waals surface area (Å²) in [5.41, 5.74) is 0.193. The van der Waals surface area contributed by atoms with E-state index in [1.165, 1.54) is 0 Å². The maximum Gasteiger partial charge on any atom is 0.338 e. The van der Waals surface area contributed by atoms with Gasteiger partial charge in [0, 0.05) is 37.0 Å². The predicted octanol–water partition coefficient (Wildman–Crippen LogP) is 4.44. The number of hydrogen-bond donors (Lipinski definition) is 2. The molecule has 38 heavy (non-hydrogen) atoms. The molecule has 2 aliphatic rings. The monoisotopic (exact) mass is 532 g/mol. The quantitative estimate of drug-likeness (QED) is 0.474. The van der Waals surface area contributed by atoms with Crippen molar-refractivity contribution in [1.29, 1.82) is 0 Å². The Morgan fingerprint density at radius 2 is 1.05 bits per heavy atom. The molecule has 0 saturated carbocycles. The molecule has 3 rings (SSSR count). The maximum atomic E-state index is 12.8. The largest absolute Gasteiger partial charge is 0.459 e. The summed E-state index contributed by atoms with van der Waals surface area (Å²) in [6.45, 7) is 17.6. The first-order valence-corrected chi connectivity index (χ1v) is 14.0. The second kappa shape index (κ2) is 12.0. The van der Waals surface area contributed by atoms with Crippen LogP contribution in [0.15, 0.2) is 24.3 Å². The van der Waals surface area contributed by atoms with Gasteiger partial charge in [-0.2, -0.15) is 0 Å². The molecule has 8 nitrogen and oxygen atoms in total. The second-order valence-corrected chi connectivity index (χ2v) is 12.9. The lowest BCUT2D eigenvalue weighted by Gasteiger charge is -2.48. The molecule has 0 aromatic heterocycles. The number of carbonyl (C=O) groups excluding carboxylic acids is 2. The van der Waals surface area contributed by atoms with Gasteiger partial charge in [0.05, 0.1) is 11.1 Å². The summed E-state index contributed by atoms with van der Waals surface area (Å²) >= 11 is 0. The number of nitrogens with zero attached hydrogens (tertiary/aromatic N) is 2. The average molecular weight is 533 g/mol. The first kappa shape index (κ1) is 30.5. The Morgan fingerprint density at radius 1 is 0.737 bits per heavy atom. The molecule has 1 aromatic rings. The van der Waals surface area contributed by atoms with Gasteiger partial charge in [0.1, 0.15) is 24.7 Å². The van der Waals surface area contributed by atoms with Crippen LogP contribution in [0.2, 0.25) is 0 Å². The third kappa shape index (κ3) is 7.14. The Hall–Kier alpha value is -2.00. The molecule has 2 saturated heterocycles. The van der Waals surface area contributed by atoms with Crippen LogP contribution in [0, 0.1) is 11.8 Å². The topological polar surface area (TPSA) is 99.5 Å². The molecule has 0 radical (unpaired) electrons. The Labute approximate surface area is 228 Å². The Morgan fingerprint density at radius 3 is 1.32 bits per heavy atom. The van der Waals surface area contributed by atoms with Crippen LogP contribution in [-0.2, 0) is 9.47 Å². The number of ether oxygens (including phenoxy) is 2. The number of aliphatic hydroxyl groups is 2. The molecule has 2 N–H and O–H groups in total. The van der Waals surface area contributed by atoms with E-state index in [1.54, 1.807) is 24.3 Å². The van der Waals surface area contributed by atoms with Crippen molar-refractivity contribution in [3.63, 3.8) is 0 Å². The van der Waals surface area contributed by atoms with E-state index in [1.807, 2.05) is 27.7 Å². The summed E-state index contributed by atoms with van der Waals surface area (Å²) in [6, 6.07) is 6.42. The SMILES string of the molecule is CC(C)C(O)N1CCC(OC(=O)c2ccc(C(=O)OC3CCN(C(O)C(C)C)C(C)(C)C3)cc2)CC1(C)C. The fraction of sp³-hybridized carbons (Fsp3) is 0.733. The lowest BCUT2D eigenvalue weighted by atomic mass is 9.87. The number of carbonyl (C=O) groups is 2. The zero-order valence-electron chi connectivity index (χ0n) is 24.4. The molecule has 8 heteroatoms. The maximum absolute atomic E-state index is 12.8. The van der Waals surface area contributed by atoms with Gasteiger partial charge in [-0.1, -0.05) is 27.7 Å². The highest BCUT2D eigenvalue weighted by molar-refractivity contribution is 5.93. The summed E-state index contributed by atoms with van der Waals surface area (Å²) in [7, 11) is 0. The van der Waals surface area contributed by atoms with Crippen molar-refractivity contribution in [2.24, 2.45) is 11.8 Å². The molecule has 0 bridgehead atoms. The molecule has 2 fully saturated rings. The van der Waals surface area contributed by atoms with Crippen molar-refractivity contribution in [2.75, 3.05) is 13.1 Å². The van der Waals surface area contributed by atoms with Crippen molar-refractivity contribution in [3.05, 3.63) is 35.4 Å². The summed E-state index contributed by atoms with van der Waals surface area (Å²) in [6.07, 6.45) is 1.06. The average Bonchev–Trinajstić information content (AvgIpc) is 2.82. The van der Waals surface area contributed by atoms with Crippen molar-refractivity contribution in [3.8, 4) is 0 Å². The molecule has 4 atom stereocenters. The Kier molecular flexibility index (Phi) is 9.67. The van der Waals surface area contributed by atoms with Crippen LogP contribution in [0.4, 0.5) is 0 Å². The van der Waals surface area contributed by atoms with Gasteiger partial charge < -0.3 is 19.7 Å². The molecule has 0 spiro atoms. The minimum absolute atomic E-state index is 0.121. The van der Waals surface area contributed by atoms with Crippen molar-refractivity contribution in [1.82, 2.24) is 9.80 Å². The summed E-state index contributed by atoms with van der Waals surface area (Å²) in [5.74, 6) is -0.589. The number of hydrogen-bond acceptors (Lipinski definition) is 8. The van der Waals surface area contributed by atoms with E-state index in [0.29, 0.717) is 49.9 Å². The van der Waals surface area contributed by atoms with E-state index in [9.17, 15) is 19.8 Å². The van der Waals surface area contributed by atoms with Gasteiger partial charge >= 0.3 is 11.9 Å². The van der Waals surface area contributed by atoms with Crippen LogP contribution in [0.3, 0.4) is 0 Å². The van der Waals surface area contributed by atoms with Crippen LogP contribution < -0.4 is 0 Å². The van der Waals surface area contributed by atoms with Gasteiger partial charge in [-0.15, -0.1) is 0 Å². The predicted molar refractivity (Wildman–Crippen MR) is 147 cm³/mol.